The fraction of sp³-hybridized carbons (Fsp3) is 0.833. The maximum absolute atomic E-state index is 11.3. The highest BCUT2D eigenvalue weighted by Gasteiger charge is 2.59. The number of hydrogen-bond donors (Lipinski definition) is 0. The van der Waals surface area contributed by atoms with Crippen LogP contribution in [0.15, 0.2) is 0 Å². The summed E-state index contributed by atoms with van der Waals surface area (Å²) in [6.07, 6.45) is -2.33. The van der Waals surface area contributed by atoms with Crippen LogP contribution in [0.5, 0.6) is 0 Å². The number of halogens is 3. The number of ether oxygens (including phenoxy) is 4. The fourth-order valence-corrected chi connectivity index (χ4v) is 3.70. The van der Waals surface area contributed by atoms with Gasteiger partial charge >= 0.3 is 11.9 Å². The monoisotopic (exact) mass is 360 g/mol. The van der Waals surface area contributed by atoms with Crippen LogP contribution in [-0.4, -0.2) is 53.4 Å². The SMILES string of the molecule is CC(=O)OC[C@H]1O[C@@H]2OCC(Cl)(Cl)[C@@H]2[C@@H](Cl)[C@@H]1OC(C)=O. The minimum atomic E-state index is -1.23. The van der Waals surface area contributed by atoms with Crippen LogP contribution in [0.3, 0.4) is 0 Å². The second-order valence-corrected chi connectivity index (χ2v) is 7.01. The summed E-state index contributed by atoms with van der Waals surface area (Å²) in [6, 6.07) is 0. The lowest BCUT2D eigenvalue weighted by Crippen LogP contribution is -2.57. The van der Waals surface area contributed by atoms with E-state index in [9.17, 15) is 9.59 Å². The largest absolute Gasteiger partial charge is 0.463 e. The number of carbonyl (C=O) groups is 2. The Morgan fingerprint density at radius 3 is 2.52 bits per heavy atom. The van der Waals surface area contributed by atoms with Gasteiger partial charge in [-0.05, 0) is 0 Å². The van der Waals surface area contributed by atoms with Crippen molar-refractivity contribution in [1.82, 2.24) is 0 Å². The van der Waals surface area contributed by atoms with Crippen molar-refractivity contribution in [3.63, 3.8) is 0 Å². The van der Waals surface area contributed by atoms with Crippen LogP contribution in [0.2, 0.25) is 0 Å². The Hall–Kier alpha value is -0.270. The molecule has 0 aromatic rings. The molecule has 0 amide bonds. The van der Waals surface area contributed by atoms with Gasteiger partial charge in [0.25, 0.3) is 0 Å². The summed E-state index contributed by atoms with van der Waals surface area (Å²) in [7, 11) is 0. The summed E-state index contributed by atoms with van der Waals surface area (Å²) >= 11 is 18.7. The van der Waals surface area contributed by atoms with Crippen LogP contribution in [-0.2, 0) is 28.5 Å². The van der Waals surface area contributed by atoms with E-state index >= 15 is 0 Å². The van der Waals surface area contributed by atoms with E-state index in [0.29, 0.717) is 0 Å². The molecule has 0 saturated carbocycles. The Bertz CT molecular complexity index is 429. The van der Waals surface area contributed by atoms with Crippen LogP contribution in [0.4, 0.5) is 0 Å². The molecule has 2 rings (SSSR count). The Morgan fingerprint density at radius 1 is 1.29 bits per heavy atom. The molecule has 9 heteroatoms. The van der Waals surface area contributed by atoms with Gasteiger partial charge in [-0.3, -0.25) is 9.59 Å². The molecule has 0 aliphatic carbocycles. The molecule has 5 atom stereocenters. The van der Waals surface area contributed by atoms with E-state index in [1.165, 1.54) is 13.8 Å². The quantitative estimate of drug-likeness (QED) is 0.562. The Balaban J connectivity index is 2.17. The number of alkyl halides is 3. The van der Waals surface area contributed by atoms with Crippen molar-refractivity contribution in [2.45, 2.75) is 42.1 Å². The second-order valence-electron chi connectivity index (χ2n) is 4.96. The fourth-order valence-electron chi connectivity index (χ4n) is 2.42. The van der Waals surface area contributed by atoms with Gasteiger partial charge in [0.1, 0.15) is 18.8 Å². The summed E-state index contributed by atoms with van der Waals surface area (Å²) < 4.78 is 19.9. The number of esters is 2. The Kier molecular flexibility index (Phi) is 5.26. The van der Waals surface area contributed by atoms with Crippen LogP contribution in [0.1, 0.15) is 13.8 Å². The summed E-state index contributed by atoms with van der Waals surface area (Å²) in [5, 5.41) is -0.731. The third-order valence-electron chi connectivity index (χ3n) is 3.31. The van der Waals surface area contributed by atoms with Gasteiger partial charge in [-0.1, -0.05) is 23.2 Å². The molecule has 0 aromatic heterocycles. The van der Waals surface area contributed by atoms with E-state index in [2.05, 4.69) is 0 Å². The van der Waals surface area contributed by atoms with E-state index in [0.717, 1.165) is 0 Å². The summed E-state index contributed by atoms with van der Waals surface area (Å²) in [6.45, 7) is 2.44. The highest BCUT2D eigenvalue weighted by molar-refractivity contribution is 6.49. The van der Waals surface area contributed by atoms with Crippen molar-refractivity contribution in [3.05, 3.63) is 0 Å². The molecule has 0 radical (unpaired) electrons. The molecule has 2 saturated heterocycles. The predicted molar refractivity (Wildman–Crippen MR) is 74.4 cm³/mol. The van der Waals surface area contributed by atoms with Gasteiger partial charge in [0.2, 0.25) is 0 Å². The lowest BCUT2D eigenvalue weighted by molar-refractivity contribution is -0.233. The number of carbonyl (C=O) groups excluding carboxylic acids is 2. The van der Waals surface area contributed by atoms with Gasteiger partial charge < -0.3 is 18.9 Å². The molecular formula is C12H15Cl3O6. The van der Waals surface area contributed by atoms with E-state index in [1.54, 1.807) is 0 Å². The average molecular weight is 362 g/mol. The lowest BCUT2D eigenvalue weighted by Gasteiger charge is -2.42. The molecule has 0 bridgehead atoms. The topological polar surface area (TPSA) is 71.1 Å². The van der Waals surface area contributed by atoms with Crippen molar-refractivity contribution < 1.29 is 28.5 Å². The number of fused-ring (bicyclic) bond motifs is 1. The van der Waals surface area contributed by atoms with Crippen molar-refractivity contribution in [1.29, 1.82) is 0 Å². The number of hydrogen-bond acceptors (Lipinski definition) is 6. The molecule has 0 N–H and O–H groups in total. The summed E-state index contributed by atoms with van der Waals surface area (Å²) in [5.41, 5.74) is 0. The van der Waals surface area contributed by atoms with Gasteiger partial charge in [0.05, 0.1) is 17.9 Å². The highest BCUT2D eigenvalue weighted by Crippen LogP contribution is 2.48. The van der Waals surface area contributed by atoms with Crippen molar-refractivity contribution >= 4 is 46.7 Å². The zero-order valence-electron chi connectivity index (χ0n) is 11.4. The van der Waals surface area contributed by atoms with Gasteiger partial charge in [-0.25, -0.2) is 0 Å². The molecule has 0 unspecified atom stereocenters. The first-order valence-electron chi connectivity index (χ1n) is 6.32. The van der Waals surface area contributed by atoms with Gasteiger partial charge in [0, 0.05) is 13.8 Å². The standard InChI is InChI=1S/C12H15Cl3O6/c1-5(16)18-3-7-10(20-6(2)17)9(13)8-11(21-7)19-4-12(8,14)15/h7-11H,3-4H2,1-2H3/t7-,8-,9-,10-,11+/m1/s1. The maximum atomic E-state index is 11.3. The normalized spacial score (nSPS) is 37.7. The Morgan fingerprint density at radius 2 is 1.95 bits per heavy atom. The van der Waals surface area contributed by atoms with Gasteiger partial charge in [-0.15, -0.1) is 11.6 Å². The van der Waals surface area contributed by atoms with E-state index in [-0.39, 0.29) is 13.2 Å². The lowest BCUT2D eigenvalue weighted by atomic mass is 9.92. The summed E-state index contributed by atoms with van der Waals surface area (Å²) in [5.74, 6) is -1.58. The molecule has 2 fully saturated rings. The van der Waals surface area contributed by atoms with E-state index in [1.807, 2.05) is 0 Å². The molecule has 0 aromatic carbocycles. The van der Waals surface area contributed by atoms with Crippen LogP contribution < -0.4 is 0 Å². The first-order chi connectivity index (χ1) is 9.72. The third kappa shape index (κ3) is 3.74. The number of rotatable bonds is 3. The maximum Gasteiger partial charge on any atom is 0.303 e. The van der Waals surface area contributed by atoms with E-state index in [4.69, 9.17) is 53.8 Å². The molecule has 6 nitrogen and oxygen atoms in total. The van der Waals surface area contributed by atoms with Gasteiger partial charge in [0.15, 0.2) is 10.6 Å². The zero-order chi connectivity index (χ0) is 15.8. The predicted octanol–water partition coefficient (Wildman–Crippen LogP) is 1.63. The first kappa shape index (κ1) is 17.1. The molecule has 21 heavy (non-hydrogen) atoms. The molecule has 0 spiro atoms. The van der Waals surface area contributed by atoms with Gasteiger partial charge in [-0.2, -0.15) is 0 Å². The Labute approximate surface area is 136 Å². The minimum Gasteiger partial charge on any atom is -0.463 e. The second kappa shape index (κ2) is 6.46. The third-order valence-corrected chi connectivity index (χ3v) is 4.55. The summed E-state index contributed by atoms with van der Waals surface area (Å²) in [4.78, 5) is 22.2. The van der Waals surface area contributed by atoms with Crippen molar-refractivity contribution in [2.75, 3.05) is 13.2 Å². The van der Waals surface area contributed by atoms with E-state index < -0.39 is 46.1 Å². The van der Waals surface area contributed by atoms with Crippen LogP contribution in [0.25, 0.3) is 0 Å². The van der Waals surface area contributed by atoms with Crippen molar-refractivity contribution in [2.24, 2.45) is 5.92 Å². The smallest absolute Gasteiger partial charge is 0.303 e. The first-order valence-corrected chi connectivity index (χ1v) is 7.51. The average Bonchev–Trinajstić information content (AvgIpc) is 2.66. The molecule has 2 aliphatic rings. The van der Waals surface area contributed by atoms with Crippen LogP contribution in [0, 0.1) is 5.92 Å². The van der Waals surface area contributed by atoms with Crippen molar-refractivity contribution in [3.8, 4) is 0 Å². The molecule has 120 valence electrons. The van der Waals surface area contributed by atoms with Crippen LogP contribution >= 0.6 is 34.8 Å². The molecule has 2 aliphatic heterocycles. The highest BCUT2D eigenvalue weighted by atomic mass is 35.5. The molecular weight excluding hydrogens is 346 g/mol. The minimum absolute atomic E-state index is 0.0434. The molecule has 2 heterocycles. The zero-order valence-corrected chi connectivity index (χ0v) is 13.7.